The Morgan fingerprint density at radius 1 is 1.21 bits per heavy atom. The van der Waals surface area contributed by atoms with Gasteiger partial charge in [-0.1, -0.05) is 51.1 Å². The van der Waals surface area contributed by atoms with Crippen LogP contribution < -0.4 is 4.90 Å². The van der Waals surface area contributed by atoms with Gasteiger partial charge in [-0.2, -0.15) is 0 Å². The maximum atomic E-state index is 11.3. The van der Waals surface area contributed by atoms with Crippen LogP contribution in [-0.4, -0.2) is 24.7 Å². The summed E-state index contributed by atoms with van der Waals surface area (Å²) in [6.07, 6.45) is 0.860. The molecule has 0 aliphatic carbocycles. The molecule has 2 heteroatoms. The van der Waals surface area contributed by atoms with Gasteiger partial charge in [0, 0.05) is 5.92 Å². The van der Waals surface area contributed by atoms with Gasteiger partial charge in [0.05, 0.1) is 13.6 Å². The van der Waals surface area contributed by atoms with Crippen LogP contribution in [0, 0.1) is 11.3 Å². The maximum Gasteiger partial charge on any atom is 0.141 e. The van der Waals surface area contributed by atoms with Crippen LogP contribution in [-0.2, 0) is 5.60 Å². The largest absolute Gasteiger partial charge is 0.379 e. The van der Waals surface area contributed by atoms with Gasteiger partial charge in [0.1, 0.15) is 11.6 Å². The monoisotopic (exact) mass is 262 g/mol. The Kier molecular flexibility index (Phi) is 3.76. The average Bonchev–Trinajstić information content (AvgIpc) is 2.35. The predicted octanol–water partition coefficient (Wildman–Crippen LogP) is 1.84. The van der Waals surface area contributed by atoms with Crippen molar-refractivity contribution in [1.82, 2.24) is 0 Å². The molecular formula is C17H28NO+. The summed E-state index contributed by atoms with van der Waals surface area (Å²) in [6.45, 7) is 10.2. The van der Waals surface area contributed by atoms with Crippen LogP contribution in [0.5, 0.6) is 0 Å². The summed E-state index contributed by atoms with van der Waals surface area (Å²) in [4.78, 5) is 1.43. The van der Waals surface area contributed by atoms with Crippen molar-refractivity contribution in [2.24, 2.45) is 11.3 Å². The van der Waals surface area contributed by atoms with Gasteiger partial charge >= 0.3 is 0 Å². The van der Waals surface area contributed by atoms with Crippen molar-refractivity contribution >= 4 is 0 Å². The van der Waals surface area contributed by atoms with E-state index in [4.69, 9.17) is 0 Å². The third-order valence-electron chi connectivity index (χ3n) is 5.08. The fraction of sp³-hybridized carbons (Fsp3) is 0.647. The minimum atomic E-state index is -0.707. The Morgan fingerprint density at radius 3 is 2.32 bits per heavy atom. The molecule has 0 radical (unpaired) electrons. The quantitative estimate of drug-likeness (QED) is 0.793. The number of hydrogen-bond acceptors (Lipinski definition) is 1. The van der Waals surface area contributed by atoms with Crippen molar-refractivity contribution in [3.63, 3.8) is 0 Å². The molecular weight excluding hydrogens is 234 g/mol. The van der Waals surface area contributed by atoms with E-state index in [0.29, 0.717) is 5.92 Å². The van der Waals surface area contributed by atoms with Gasteiger partial charge < -0.3 is 10.0 Å². The van der Waals surface area contributed by atoms with Crippen molar-refractivity contribution in [3.05, 3.63) is 35.9 Å². The molecule has 1 unspecified atom stereocenters. The van der Waals surface area contributed by atoms with E-state index in [1.54, 1.807) is 0 Å². The van der Waals surface area contributed by atoms with Gasteiger partial charge in [-0.3, -0.25) is 0 Å². The van der Waals surface area contributed by atoms with E-state index in [0.717, 1.165) is 18.5 Å². The normalized spacial score (nSPS) is 36.2. The fourth-order valence-corrected chi connectivity index (χ4v) is 3.30. The second-order valence-electron chi connectivity index (χ2n) is 7.33. The Balaban J connectivity index is 2.37. The molecule has 1 saturated heterocycles. The first kappa shape index (κ1) is 14.5. The zero-order chi connectivity index (χ0) is 14.3. The lowest BCUT2D eigenvalue weighted by Gasteiger charge is -2.48. The SMILES string of the molecule is C[C@H]1[NH+](C)C[C@@H](C(C)(C)C)C[C@]1(O)c1ccccc1. The minimum Gasteiger partial charge on any atom is -0.379 e. The Morgan fingerprint density at radius 2 is 1.79 bits per heavy atom. The highest BCUT2D eigenvalue weighted by atomic mass is 16.3. The highest BCUT2D eigenvalue weighted by Gasteiger charge is 2.49. The molecule has 1 aromatic carbocycles. The van der Waals surface area contributed by atoms with Gasteiger partial charge in [-0.05, 0) is 24.3 Å². The van der Waals surface area contributed by atoms with Gasteiger partial charge in [-0.15, -0.1) is 0 Å². The molecule has 0 aromatic heterocycles. The number of nitrogens with one attached hydrogen (secondary N) is 1. The van der Waals surface area contributed by atoms with E-state index in [-0.39, 0.29) is 11.5 Å². The Bertz CT molecular complexity index is 423. The van der Waals surface area contributed by atoms with Gasteiger partial charge in [0.15, 0.2) is 0 Å². The van der Waals surface area contributed by atoms with Crippen LogP contribution in [0.1, 0.15) is 39.7 Å². The second kappa shape index (κ2) is 4.92. The number of hydrogen-bond donors (Lipinski definition) is 2. The highest BCUT2D eigenvalue weighted by molar-refractivity contribution is 5.24. The number of likely N-dealkylation sites (tertiary alicyclic amines) is 1. The summed E-state index contributed by atoms with van der Waals surface area (Å²) in [5.41, 5.74) is 0.599. The van der Waals surface area contributed by atoms with Crippen LogP contribution in [0.4, 0.5) is 0 Å². The molecule has 1 fully saturated rings. The Hall–Kier alpha value is -0.860. The predicted molar refractivity (Wildman–Crippen MR) is 79.1 cm³/mol. The molecule has 4 atom stereocenters. The van der Waals surface area contributed by atoms with Gasteiger partial charge in [-0.25, -0.2) is 0 Å². The molecule has 0 saturated carbocycles. The number of likely N-dealkylation sites (N-methyl/N-ethyl adjacent to an activating group) is 1. The highest BCUT2D eigenvalue weighted by Crippen LogP contribution is 2.40. The molecule has 2 rings (SSSR count). The first-order valence-corrected chi connectivity index (χ1v) is 7.35. The molecule has 1 aromatic rings. The van der Waals surface area contributed by atoms with E-state index in [1.807, 2.05) is 18.2 Å². The zero-order valence-corrected chi connectivity index (χ0v) is 12.9. The lowest BCUT2D eigenvalue weighted by atomic mass is 9.67. The van der Waals surface area contributed by atoms with Crippen molar-refractivity contribution in [2.75, 3.05) is 13.6 Å². The van der Waals surface area contributed by atoms with Gasteiger partial charge in [0.25, 0.3) is 0 Å². The molecule has 1 aliphatic heterocycles. The number of aliphatic hydroxyl groups is 1. The lowest BCUT2D eigenvalue weighted by Crippen LogP contribution is -3.16. The summed E-state index contributed by atoms with van der Waals surface area (Å²) >= 11 is 0. The fourth-order valence-electron chi connectivity index (χ4n) is 3.30. The lowest BCUT2D eigenvalue weighted by molar-refractivity contribution is -0.924. The topological polar surface area (TPSA) is 24.7 Å². The van der Waals surface area contributed by atoms with E-state index in [2.05, 4.69) is 46.9 Å². The Labute approximate surface area is 117 Å². The van der Waals surface area contributed by atoms with Crippen LogP contribution in [0.25, 0.3) is 0 Å². The smallest absolute Gasteiger partial charge is 0.141 e. The summed E-state index contributed by atoms with van der Waals surface area (Å²) in [6, 6.07) is 10.4. The first-order chi connectivity index (χ1) is 8.75. The summed E-state index contributed by atoms with van der Waals surface area (Å²) in [5, 5.41) is 11.3. The molecule has 106 valence electrons. The third kappa shape index (κ3) is 2.70. The molecule has 2 N–H and O–H groups in total. The van der Waals surface area contributed by atoms with Crippen molar-refractivity contribution < 1.29 is 10.0 Å². The standard InChI is InChI=1S/C17H27NO/c1-13-17(19,14-9-7-6-8-10-14)11-15(12-18(13)5)16(2,3)4/h6-10,13,15,19H,11-12H2,1-5H3/p+1/t13-,15+,17-/m1/s1. The number of piperidine rings is 1. The molecule has 1 aliphatic rings. The molecule has 1 heterocycles. The molecule has 2 nitrogen and oxygen atoms in total. The number of rotatable bonds is 1. The van der Waals surface area contributed by atoms with Crippen LogP contribution >= 0.6 is 0 Å². The van der Waals surface area contributed by atoms with Crippen molar-refractivity contribution in [2.45, 2.75) is 45.8 Å². The van der Waals surface area contributed by atoms with E-state index in [9.17, 15) is 5.11 Å². The van der Waals surface area contributed by atoms with E-state index in [1.165, 1.54) is 4.90 Å². The first-order valence-electron chi connectivity index (χ1n) is 7.35. The molecule has 0 amide bonds. The summed E-state index contributed by atoms with van der Waals surface area (Å²) in [5.74, 6) is 0.536. The third-order valence-corrected chi connectivity index (χ3v) is 5.08. The molecule has 19 heavy (non-hydrogen) atoms. The van der Waals surface area contributed by atoms with Crippen LogP contribution in [0.2, 0.25) is 0 Å². The van der Waals surface area contributed by atoms with Gasteiger partial charge in [0.2, 0.25) is 0 Å². The summed E-state index contributed by atoms with van der Waals surface area (Å²) < 4.78 is 0. The minimum absolute atomic E-state index is 0.230. The molecule has 0 bridgehead atoms. The van der Waals surface area contributed by atoms with Crippen LogP contribution in [0.15, 0.2) is 30.3 Å². The number of benzene rings is 1. The second-order valence-corrected chi connectivity index (χ2v) is 7.33. The van der Waals surface area contributed by atoms with Crippen molar-refractivity contribution in [3.8, 4) is 0 Å². The van der Waals surface area contributed by atoms with E-state index < -0.39 is 5.60 Å². The number of quaternary nitrogens is 1. The van der Waals surface area contributed by atoms with Crippen LogP contribution in [0.3, 0.4) is 0 Å². The van der Waals surface area contributed by atoms with E-state index >= 15 is 0 Å². The maximum absolute atomic E-state index is 11.3. The molecule has 0 spiro atoms. The zero-order valence-electron chi connectivity index (χ0n) is 12.9. The average molecular weight is 262 g/mol. The van der Waals surface area contributed by atoms with Crippen molar-refractivity contribution in [1.29, 1.82) is 0 Å². The summed E-state index contributed by atoms with van der Waals surface area (Å²) in [7, 11) is 2.20.